The molecule has 0 saturated carbocycles. The number of carbonyl (C=O) groups excluding carboxylic acids is 3. The van der Waals surface area contributed by atoms with E-state index in [-0.39, 0.29) is 59.2 Å². The highest BCUT2D eigenvalue weighted by atomic mass is 35.5. The zero-order valence-electron chi connectivity index (χ0n) is 36.9. The van der Waals surface area contributed by atoms with Crippen LogP contribution < -0.4 is 19.7 Å². The van der Waals surface area contributed by atoms with Gasteiger partial charge in [0.2, 0.25) is 11.8 Å². The smallest absolute Gasteiger partial charge is 0.256 e. The van der Waals surface area contributed by atoms with Crippen molar-refractivity contribution in [3.05, 3.63) is 117 Å². The van der Waals surface area contributed by atoms with Crippen molar-refractivity contribution in [1.29, 1.82) is 0 Å². The Hall–Kier alpha value is -5.17. The molecule has 11 nitrogen and oxygen atoms in total. The highest BCUT2D eigenvalue weighted by molar-refractivity contribution is 6.34. The fourth-order valence-corrected chi connectivity index (χ4v) is 12.9. The van der Waals surface area contributed by atoms with Crippen molar-refractivity contribution in [2.24, 2.45) is 5.92 Å². The fourth-order valence-electron chi connectivity index (χ4n) is 12.6. The Morgan fingerprint density at radius 1 is 0.908 bits per heavy atom. The number of likely N-dealkylation sites (tertiary alicyclic amines) is 1. The quantitative estimate of drug-likeness (QED) is 0.178. The summed E-state index contributed by atoms with van der Waals surface area (Å²) in [5.41, 5.74) is 6.67. The molecule has 11 rings (SSSR count). The van der Waals surface area contributed by atoms with Crippen molar-refractivity contribution >= 4 is 35.0 Å². The number of aromatic hydroxyl groups is 1. The van der Waals surface area contributed by atoms with Gasteiger partial charge in [-0.25, -0.2) is 4.39 Å². The van der Waals surface area contributed by atoms with Gasteiger partial charge in [0.15, 0.2) is 0 Å². The number of ether oxygens (including phenoxy) is 3. The lowest BCUT2D eigenvalue weighted by Gasteiger charge is -2.47. The van der Waals surface area contributed by atoms with Crippen LogP contribution in [0.1, 0.15) is 113 Å². The molecule has 340 valence electrons. The maximum absolute atomic E-state index is 16.5. The van der Waals surface area contributed by atoms with Crippen LogP contribution in [0.15, 0.2) is 66.7 Å². The number of aryl methyl sites for hydroxylation is 1. The predicted octanol–water partition coefficient (Wildman–Crippen LogP) is 8.01. The van der Waals surface area contributed by atoms with Crippen LogP contribution in [0.4, 0.5) is 10.1 Å². The van der Waals surface area contributed by atoms with Crippen molar-refractivity contribution in [3.8, 4) is 17.2 Å². The van der Waals surface area contributed by atoms with E-state index < -0.39 is 11.9 Å². The first-order valence-electron chi connectivity index (χ1n) is 23.5. The van der Waals surface area contributed by atoms with Gasteiger partial charge in [0.25, 0.3) is 5.91 Å². The molecule has 6 aliphatic heterocycles. The Kier molecular flexibility index (Phi) is 10.9. The zero-order chi connectivity index (χ0) is 44.6. The van der Waals surface area contributed by atoms with E-state index in [1.54, 1.807) is 19.2 Å². The summed E-state index contributed by atoms with van der Waals surface area (Å²) in [4.78, 5) is 44.3. The van der Waals surface area contributed by atoms with Gasteiger partial charge in [0.05, 0.1) is 48.7 Å². The lowest BCUT2D eigenvalue weighted by molar-refractivity contribution is -0.136. The van der Waals surface area contributed by atoms with Gasteiger partial charge in [0.1, 0.15) is 29.1 Å². The van der Waals surface area contributed by atoms with Crippen molar-refractivity contribution in [2.75, 3.05) is 57.9 Å². The monoisotopic (exact) mass is 902 g/mol. The number of amides is 3. The summed E-state index contributed by atoms with van der Waals surface area (Å²) >= 11 is 6.85. The van der Waals surface area contributed by atoms with E-state index in [4.69, 9.17) is 25.8 Å². The minimum absolute atomic E-state index is 0.123. The summed E-state index contributed by atoms with van der Waals surface area (Å²) in [7, 11) is 1.67. The van der Waals surface area contributed by atoms with Gasteiger partial charge < -0.3 is 34.0 Å². The van der Waals surface area contributed by atoms with Crippen molar-refractivity contribution < 1.29 is 38.1 Å². The molecular formula is C52H56ClFN4O7. The first kappa shape index (κ1) is 42.5. The number of phenols is 1. The van der Waals surface area contributed by atoms with Crippen molar-refractivity contribution in [2.45, 2.75) is 99.6 Å². The van der Waals surface area contributed by atoms with Gasteiger partial charge in [-0.05, 0) is 124 Å². The number of imide groups is 1. The molecule has 1 aliphatic carbocycles. The highest BCUT2D eigenvalue weighted by Crippen LogP contribution is 2.53. The Morgan fingerprint density at radius 2 is 1.71 bits per heavy atom. The molecule has 2 spiro atoms. The third-order valence-electron chi connectivity index (χ3n) is 16.2. The van der Waals surface area contributed by atoms with Gasteiger partial charge in [-0.15, -0.1) is 0 Å². The molecule has 0 unspecified atom stereocenters. The van der Waals surface area contributed by atoms with Gasteiger partial charge in [-0.1, -0.05) is 48.0 Å². The number of nitrogens with zero attached hydrogens (tertiary/aromatic N) is 3. The van der Waals surface area contributed by atoms with Gasteiger partial charge >= 0.3 is 0 Å². The molecule has 2 N–H and O–H groups in total. The summed E-state index contributed by atoms with van der Waals surface area (Å²) in [5, 5.41) is 13.1. The Labute approximate surface area is 384 Å². The number of phenolic OH excluding ortho intramolecular Hbond substituents is 1. The first-order valence-corrected chi connectivity index (χ1v) is 23.9. The second kappa shape index (κ2) is 16.6. The molecule has 3 amide bonds. The minimum atomic E-state index is -0.707. The van der Waals surface area contributed by atoms with Crippen molar-refractivity contribution in [3.63, 3.8) is 0 Å². The Bertz CT molecular complexity index is 2550. The second-order valence-electron chi connectivity index (χ2n) is 19.7. The van der Waals surface area contributed by atoms with E-state index in [1.165, 1.54) is 10.5 Å². The van der Waals surface area contributed by atoms with E-state index >= 15 is 4.39 Å². The third-order valence-corrected chi connectivity index (χ3v) is 16.5. The molecule has 4 atom stereocenters. The van der Waals surface area contributed by atoms with Gasteiger partial charge in [-0.3, -0.25) is 19.7 Å². The van der Waals surface area contributed by atoms with Crippen LogP contribution in [0.25, 0.3) is 0 Å². The number of methoxy groups -OCH3 is 1. The summed E-state index contributed by atoms with van der Waals surface area (Å²) in [6.07, 6.45) is 7.82. The molecule has 4 saturated heterocycles. The average molecular weight is 903 g/mol. The fraction of sp³-hybridized carbons (Fsp3) is 0.481. The molecule has 4 aromatic rings. The molecule has 13 heteroatoms. The number of hydrogen-bond donors (Lipinski definition) is 2. The number of halogens is 2. The Morgan fingerprint density at radius 3 is 2.45 bits per heavy atom. The van der Waals surface area contributed by atoms with E-state index in [0.29, 0.717) is 60.7 Å². The largest absolute Gasteiger partial charge is 0.508 e. The number of piperidine rings is 3. The lowest BCUT2D eigenvalue weighted by Crippen LogP contribution is -2.52. The van der Waals surface area contributed by atoms with Crippen LogP contribution in [0, 0.1) is 11.7 Å². The number of nitrogens with one attached hydrogen (secondary N) is 1. The van der Waals surface area contributed by atoms with Gasteiger partial charge in [-0.2, -0.15) is 0 Å². The zero-order valence-corrected chi connectivity index (χ0v) is 37.6. The molecule has 6 heterocycles. The topological polar surface area (TPSA) is 121 Å². The van der Waals surface area contributed by atoms with E-state index in [2.05, 4.69) is 39.4 Å². The van der Waals surface area contributed by atoms with E-state index in [9.17, 15) is 19.5 Å². The average Bonchev–Trinajstić information content (AvgIpc) is 3.85. The molecule has 0 aromatic heterocycles. The molecule has 65 heavy (non-hydrogen) atoms. The molecule has 4 fully saturated rings. The summed E-state index contributed by atoms with van der Waals surface area (Å²) in [6, 6.07) is 20.9. The van der Waals surface area contributed by atoms with E-state index in [1.807, 2.05) is 30.3 Å². The van der Waals surface area contributed by atoms with Crippen LogP contribution in [-0.4, -0.2) is 97.3 Å². The van der Waals surface area contributed by atoms with Crippen molar-refractivity contribution in [1.82, 2.24) is 15.1 Å². The SMILES string of the molecule is COc1cc(N2CCC3(CC[C@H](CN4CCC5(CC4)COc4c5cc(Cl)c5c4CN([C@H]4CCC(=O)NC4=O)C5=O)CO3)CC2)c(F)cc1[C@@H]1c2ccc(O)cc2CC[C@@H]1c1ccccc1. The predicted molar refractivity (Wildman–Crippen MR) is 244 cm³/mol. The number of hydrogen-bond acceptors (Lipinski definition) is 9. The van der Waals surface area contributed by atoms with E-state index in [0.717, 1.165) is 105 Å². The standard InChI is InChI=1S/C52H56ClFN4O7/c1-63-44-26-43(41(54)24-37(44)46-35(32-5-3-2-4-6-32)9-7-33-23-34(59)8-10-36(33)46)57-21-17-52(18-22-57)14-13-31(29-65-52)27-56-19-15-51(16-20-56)30-64-48-38-28-58(42-11-12-45(60)55-49(42)61)50(62)47(38)40(53)25-39(48)51/h2-6,8,10,23-26,31,35,42,46,59H,7,9,11-22,27-30H2,1H3,(H,55,60,61)/t31-,35-,42+,46+/m1/s1. The van der Waals surface area contributed by atoms with Gasteiger partial charge in [0, 0.05) is 60.1 Å². The molecule has 0 radical (unpaired) electrons. The number of carbonyl (C=O) groups is 3. The number of fused-ring (bicyclic) bond motifs is 5. The maximum atomic E-state index is 16.5. The Balaban J connectivity index is 0.710. The number of anilines is 1. The van der Waals surface area contributed by atoms with Crippen LogP contribution in [0.2, 0.25) is 5.02 Å². The molecular weight excluding hydrogens is 847 g/mol. The summed E-state index contributed by atoms with van der Waals surface area (Å²) in [6.45, 7) is 5.73. The van der Waals surface area contributed by atoms with Crippen LogP contribution in [0.3, 0.4) is 0 Å². The minimum Gasteiger partial charge on any atom is -0.508 e. The normalized spacial score (nSPS) is 25.9. The highest BCUT2D eigenvalue weighted by Gasteiger charge is 2.49. The van der Waals surface area contributed by atoms with Crippen LogP contribution in [0.5, 0.6) is 17.2 Å². The molecule has 7 aliphatic rings. The first-order chi connectivity index (χ1) is 31.5. The van der Waals surface area contributed by atoms with Crippen LogP contribution >= 0.6 is 11.6 Å². The third kappa shape index (κ3) is 7.44. The lowest BCUT2D eigenvalue weighted by atomic mass is 9.69. The summed E-state index contributed by atoms with van der Waals surface area (Å²) < 4.78 is 35.8. The number of rotatable bonds is 7. The summed E-state index contributed by atoms with van der Waals surface area (Å²) in [5.74, 6) is 0.833. The molecule has 0 bridgehead atoms. The maximum Gasteiger partial charge on any atom is 0.256 e. The second-order valence-corrected chi connectivity index (χ2v) is 20.1. The molecule has 4 aromatic carbocycles. The van der Waals surface area contributed by atoms with Crippen LogP contribution in [-0.2, 0) is 32.7 Å². The number of benzene rings is 4.